The van der Waals surface area contributed by atoms with Crippen molar-refractivity contribution < 1.29 is 9.50 Å². The lowest BCUT2D eigenvalue weighted by Crippen LogP contribution is -2.55. The molecule has 1 N–H and O–H groups in total. The molecule has 0 amide bonds. The van der Waals surface area contributed by atoms with Crippen molar-refractivity contribution in [3.63, 3.8) is 0 Å². The van der Waals surface area contributed by atoms with Crippen LogP contribution >= 0.6 is 0 Å². The number of fused-ring (bicyclic) bond motifs is 1. The van der Waals surface area contributed by atoms with Crippen molar-refractivity contribution >= 4 is 10.9 Å². The molecule has 0 radical (unpaired) electrons. The second-order valence-electron chi connectivity index (χ2n) is 6.85. The third-order valence-electron chi connectivity index (χ3n) is 4.85. The molecule has 0 spiro atoms. The summed E-state index contributed by atoms with van der Waals surface area (Å²) in [6.45, 7) is 8.21. The molecule has 1 aliphatic heterocycles. The highest BCUT2D eigenvalue weighted by molar-refractivity contribution is 5.79. The van der Waals surface area contributed by atoms with Crippen molar-refractivity contribution in [2.24, 2.45) is 0 Å². The highest BCUT2D eigenvalue weighted by Gasteiger charge is 2.28. The number of hydrogen-bond donors (Lipinski definition) is 1. The molecule has 1 atom stereocenters. The minimum Gasteiger partial charge on any atom is -0.396 e. The third kappa shape index (κ3) is 3.74. The van der Waals surface area contributed by atoms with Gasteiger partial charge in [-0.2, -0.15) is 0 Å². The first-order chi connectivity index (χ1) is 11.6. The molecule has 4 nitrogen and oxygen atoms in total. The number of rotatable bonds is 5. The molecule has 1 aromatic heterocycles. The molecule has 1 fully saturated rings. The van der Waals surface area contributed by atoms with Crippen molar-refractivity contribution in [3.8, 4) is 0 Å². The number of halogens is 1. The summed E-state index contributed by atoms with van der Waals surface area (Å²) in [5, 5.41) is 10.2. The lowest BCUT2D eigenvalue weighted by molar-refractivity contribution is 0.0344. The lowest BCUT2D eigenvalue weighted by atomic mass is 10.1. The fraction of sp³-hybridized carbons (Fsp3) is 0.526. The second-order valence-corrected chi connectivity index (χ2v) is 6.85. The minimum absolute atomic E-state index is 0.209. The average molecular weight is 331 g/mol. The fourth-order valence-electron chi connectivity index (χ4n) is 3.63. The van der Waals surface area contributed by atoms with Crippen LogP contribution in [0.5, 0.6) is 0 Å². The zero-order chi connectivity index (χ0) is 17.1. The van der Waals surface area contributed by atoms with Gasteiger partial charge in [-0.15, -0.1) is 0 Å². The maximum atomic E-state index is 13.9. The highest BCUT2D eigenvalue weighted by atomic mass is 19.1. The molecule has 24 heavy (non-hydrogen) atoms. The van der Waals surface area contributed by atoms with Crippen LogP contribution in [0.1, 0.15) is 26.0 Å². The molecule has 1 saturated heterocycles. The van der Waals surface area contributed by atoms with Crippen LogP contribution < -0.4 is 0 Å². The molecule has 2 heterocycles. The van der Waals surface area contributed by atoms with Crippen molar-refractivity contribution in [3.05, 3.63) is 41.8 Å². The summed E-state index contributed by atoms with van der Waals surface area (Å²) >= 11 is 0. The van der Waals surface area contributed by atoms with Crippen LogP contribution in [0.15, 0.2) is 30.3 Å². The van der Waals surface area contributed by atoms with Crippen LogP contribution in [0.25, 0.3) is 10.9 Å². The molecule has 1 aromatic carbocycles. The quantitative estimate of drug-likeness (QED) is 0.914. The first-order valence-electron chi connectivity index (χ1n) is 8.71. The number of nitrogens with zero attached hydrogens (tertiary/aromatic N) is 3. The Hall–Kier alpha value is -1.56. The largest absolute Gasteiger partial charge is 0.396 e. The van der Waals surface area contributed by atoms with Crippen LogP contribution in [-0.2, 0) is 6.54 Å². The molecule has 0 aliphatic carbocycles. The first kappa shape index (κ1) is 17.3. The maximum Gasteiger partial charge on any atom is 0.149 e. The molecule has 0 bridgehead atoms. The van der Waals surface area contributed by atoms with E-state index in [0.717, 1.165) is 43.7 Å². The van der Waals surface area contributed by atoms with Gasteiger partial charge < -0.3 is 5.11 Å². The van der Waals surface area contributed by atoms with E-state index in [1.807, 2.05) is 18.2 Å². The number of aliphatic hydroxyl groups excluding tert-OH is 1. The Morgan fingerprint density at radius 2 is 2.08 bits per heavy atom. The summed E-state index contributed by atoms with van der Waals surface area (Å²) in [4.78, 5) is 9.33. The van der Waals surface area contributed by atoms with Crippen LogP contribution in [0, 0.1) is 5.82 Å². The van der Waals surface area contributed by atoms with Crippen molar-refractivity contribution in [1.82, 2.24) is 14.8 Å². The molecular weight excluding hydrogens is 305 g/mol. The van der Waals surface area contributed by atoms with Crippen LogP contribution in [0.3, 0.4) is 0 Å². The van der Waals surface area contributed by atoms with Gasteiger partial charge in [0.25, 0.3) is 0 Å². The number of aliphatic hydroxyl groups is 1. The van der Waals surface area contributed by atoms with Gasteiger partial charge in [-0.1, -0.05) is 18.2 Å². The van der Waals surface area contributed by atoms with E-state index in [0.29, 0.717) is 17.6 Å². The van der Waals surface area contributed by atoms with E-state index >= 15 is 0 Å². The van der Waals surface area contributed by atoms with E-state index in [1.165, 1.54) is 6.07 Å². The van der Waals surface area contributed by atoms with Gasteiger partial charge in [-0.3, -0.25) is 9.80 Å². The van der Waals surface area contributed by atoms with Crippen molar-refractivity contribution in [2.45, 2.75) is 38.9 Å². The van der Waals surface area contributed by atoms with E-state index in [2.05, 4.69) is 28.6 Å². The number of benzene rings is 1. The number of piperazine rings is 1. The van der Waals surface area contributed by atoms with E-state index in [4.69, 9.17) is 0 Å². The molecule has 0 unspecified atom stereocenters. The monoisotopic (exact) mass is 331 g/mol. The summed E-state index contributed by atoms with van der Waals surface area (Å²) in [5.41, 5.74) is 1.34. The summed E-state index contributed by atoms with van der Waals surface area (Å²) in [5.74, 6) is -0.267. The molecule has 0 saturated carbocycles. The van der Waals surface area contributed by atoms with Gasteiger partial charge in [-0.25, -0.2) is 9.37 Å². The highest BCUT2D eigenvalue weighted by Crippen LogP contribution is 2.20. The van der Waals surface area contributed by atoms with E-state index < -0.39 is 0 Å². The van der Waals surface area contributed by atoms with Gasteiger partial charge in [0.2, 0.25) is 0 Å². The Labute approximate surface area is 142 Å². The molecule has 130 valence electrons. The number of aromatic nitrogens is 1. The Morgan fingerprint density at radius 3 is 2.83 bits per heavy atom. The van der Waals surface area contributed by atoms with Gasteiger partial charge in [0.05, 0.1) is 5.69 Å². The van der Waals surface area contributed by atoms with E-state index in [1.54, 1.807) is 6.07 Å². The normalized spacial score (nSPS) is 20.1. The molecular formula is C19H26FN3O. The Kier molecular flexibility index (Phi) is 5.43. The van der Waals surface area contributed by atoms with Crippen molar-refractivity contribution in [2.75, 3.05) is 26.2 Å². The Morgan fingerprint density at radius 1 is 1.25 bits per heavy atom. The van der Waals surface area contributed by atoms with Crippen LogP contribution in [-0.4, -0.2) is 58.2 Å². The predicted octanol–water partition coefficient (Wildman–Crippen LogP) is 2.65. The average Bonchev–Trinajstić information content (AvgIpc) is 2.56. The Bertz CT molecular complexity index is 691. The topological polar surface area (TPSA) is 39.6 Å². The number of pyridine rings is 1. The van der Waals surface area contributed by atoms with Gasteiger partial charge in [0.15, 0.2) is 0 Å². The van der Waals surface area contributed by atoms with Gasteiger partial charge in [0.1, 0.15) is 11.3 Å². The summed E-state index contributed by atoms with van der Waals surface area (Å²) in [6.07, 6.45) is 0.786. The zero-order valence-electron chi connectivity index (χ0n) is 14.5. The SMILES string of the molecule is CC(C)N1CCN(Cc2ccc3cccc(F)c3n2)C[C@@H]1CCO. The maximum absolute atomic E-state index is 13.9. The Balaban J connectivity index is 1.73. The van der Waals surface area contributed by atoms with Gasteiger partial charge in [0, 0.05) is 50.3 Å². The van der Waals surface area contributed by atoms with E-state index in [-0.39, 0.29) is 12.4 Å². The molecule has 3 rings (SSSR count). The third-order valence-corrected chi connectivity index (χ3v) is 4.85. The molecule has 1 aliphatic rings. The molecule has 2 aromatic rings. The number of para-hydroxylation sites is 1. The van der Waals surface area contributed by atoms with Crippen LogP contribution in [0.2, 0.25) is 0 Å². The van der Waals surface area contributed by atoms with Crippen LogP contribution in [0.4, 0.5) is 4.39 Å². The lowest BCUT2D eigenvalue weighted by Gasteiger charge is -2.43. The first-order valence-corrected chi connectivity index (χ1v) is 8.71. The standard InChI is InChI=1S/C19H26FN3O/c1-14(2)23-10-9-22(13-17(23)8-11-24)12-16-7-6-15-4-3-5-18(20)19(15)21-16/h3-7,14,17,24H,8-13H2,1-2H3/t17-/m0/s1. The molecule has 5 heteroatoms. The van der Waals surface area contributed by atoms with Gasteiger partial charge >= 0.3 is 0 Å². The summed E-state index contributed by atoms with van der Waals surface area (Å²) in [6, 6.07) is 9.82. The van der Waals surface area contributed by atoms with E-state index in [9.17, 15) is 9.50 Å². The summed E-state index contributed by atoms with van der Waals surface area (Å²) < 4.78 is 13.9. The zero-order valence-corrected chi connectivity index (χ0v) is 14.5. The predicted molar refractivity (Wildman–Crippen MR) is 94.3 cm³/mol. The second kappa shape index (κ2) is 7.55. The summed E-state index contributed by atoms with van der Waals surface area (Å²) in [7, 11) is 0. The fourth-order valence-corrected chi connectivity index (χ4v) is 3.63. The minimum atomic E-state index is -0.267. The van der Waals surface area contributed by atoms with Gasteiger partial charge in [-0.05, 0) is 32.4 Å². The van der Waals surface area contributed by atoms with Crippen molar-refractivity contribution in [1.29, 1.82) is 0 Å². The number of hydrogen-bond acceptors (Lipinski definition) is 4. The smallest absolute Gasteiger partial charge is 0.149 e.